The summed E-state index contributed by atoms with van der Waals surface area (Å²) in [4.78, 5) is 22.6. The zero-order valence-electron chi connectivity index (χ0n) is 16.0. The summed E-state index contributed by atoms with van der Waals surface area (Å²) in [6.07, 6.45) is 4.96. The van der Waals surface area contributed by atoms with Crippen LogP contribution in [-0.2, 0) is 26.1 Å². The third-order valence-electron chi connectivity index (χ3n) is 5.30. The average molecular weight is 362 g/mol. The maximum atomic E-state index is 12.6. The third kappa shape index (κ3) is 3.35. The van der Waals surface area contributed by atoms with Gasteiger partial charge >= 0.3 is 0 Å². The molecule has 5 nitrogen and oxygen atoms in total. The van der Waals surface area contributed by atoms with E-state index in [-0.39, 0.29) is 11.5 Å². The summed E-state index contributed by atoms with van der Waals surface area (Å²) >= 11 is 0. The predicted molar refractivity (Wildman–Crippen MR) is 109 cm³/mol. The van der Waals surface area contributed by atoms with Gasteiger partial charge in [0.1, 0.15) is 5.82 Å². The van der Waals surface area contributed by atoms with Crippen molar-refractivity contribution in [1.82, 2.24) is 19.4 Å². The molecule has 0 aliphatic carbocycles. The number of benzene rings is 1. The topological polar surface area (TPSA) is 53.9 Å². The number of aromatic nitrogens is 3. The van der Waals surface area contributed by atoms with E-state index in [1.165, 1.54) is 16.5 Å². The van der Waals surface area contributed by atoms with Crippen LogP contribution in [0.3, 0.4) is 0 Å². The molecule has 0 radical (unpaired) electrons. The summed E-state index contributed by atoms with van der Waals surface area (Å²) in [5, 5.41) is 1.27. The van der Waals surface area contributed by atoms with Crippen LogP contribution in [-0.4, -0.2) is 26.0 Å². The Labute approximate surface area is 159 Å². The summed E-state index contributed by atoms with van der Waals surface area (Å²) < 4.78 is 2.23. The minimum Gasteiger partial charge on any atom is -0.343 e. The first kappa shape index (κ1) is 17.7. The third-order valence-corrected chi connectivity index (χ3v) is 5.30. The van der Waals surface area contributed by atoms with Crippen molar-refractivity contribution in [2.45, 2.75) is 45.8 Å². The number of aromatic amines is 1. The van der Waals surface area contributed by atoms with Gasteiger partial charge in [0.2, 0.25) is 0 Å². The lowest BCUT2D eigenvalue weighted by atomic mass is 10.0. The first-order valence-corrected chi connectivity index (χ1v) is 9.58. The molecule has 0 bridgehead atoms. The highest BCUT2D eigenvalue weighted by Crippen LogP contribution is 2.25. The first-order valence-electron chi connectivity index (χ1n) is 9.58. The number of allylic oxidation sites excluding steroid dienone is 1. The van der Waals surface area contributed by atoms with Gasteiger partial charge in [-0.25, -0.2) is 4.98 Å². The Kier molecular flexibility index (Phi) is 4.70. The summed E-state index contributed by atoms with van der Waals surface area (Å²) in [6, 6.07) is 8.47. The van der Waals surface area contributed by atoms with Crippen LogP contribution in [0.1, 0.15) is 42.4 Å². The van der Waals surface area contributed by atoms with Gasteiger partial charge in [-0.15, -0.1) is 6.58 Å². The molecule has 0 saturated carbocycles. The molecule has 4 rings (SSSR count). The number of hydrogen-bond donors (Lipinski definition) is 1. The second kappa shape index (κ2) is 7.16. The van der Waals surface area contributed by atoms with Gasteiger partial charge in [0.25, 0.3) is 5.56 Å². The number of rotatable bonds is 5. The summed E-state index contributed by atoms with van der Waals surface area (Å²) in [5.74, 6) is 1.02. The molecule has 0 amide bonds. The average Bonchev–Trinajstić information content (AvgIpc) is 3.00. The second-order valence-corrected chi connectivity index (χ2v) is 7.60. The maximum Gasteiger partial charge on any atom is 0.255 e. The largest absolute Gasteiger partial charge is 0.343 e. The van der Waals surface area contributed by atoms with Crippen LogP contribution in [0, 0.1) is 0 Å². The van der Waals surface area contributed by atoms with Crippen LogP contribution in [0.5, 0.6) is 0 Å². The molecule has 0 atom stereocenters. The minimum absolute atomic E-state index is 0.0162. The zero-order valence-corrected chi connectivity index (χ0v) is 16.0. The monoisotopic (exact) mass is 362 g/mol. The number of nitrogens with zero attached hydrogens (tertiary/aromatic N) is 3. The summed E-state index contributed by atoms with van der Waals surface area (Å²) in [7, 11) is 0. The Morgan fingerprint density at radius 2 is 2.15 bits per heavy atom. The summed E-state index contributed by atoms with van der Waals surface area (Å²) in [6.45, 7) is 11.2. The van der Waals surface area contributed by atoms with Gasteiger partial charge in [0, 0.05) is 55.6 Å². The van der Waals surface area contributed by atoms with Crippen molar-refractivity contribution >= 4 is 10.9 Å². The molecular formula is C22H26N4O. The SMILES string of the molecule is C=CCn1cc(CN2CCc3nc(C(C)C)[nH]c(=O)c3C2)c2ccccc21. The molecule has 2 aromatic heterocycles. The number of hydrogen-bond acceptors (Lipinski definition) is 3. The highest BCUT2D eigenvalue weighted by molar-refractivity contribution is 5.84. The number of nitrogens with one attached hydrogen (secondary N) is 1. The lowest BCUT2D eigenvalue weighted by molar-refractivity contribution is 0.242. The molecule has 0 spiro atoms. The second-order valence-electron chi connectivity index (χ2n) is 7.60. The van der Waals surface area contributed by atoms with Crippen molar-refractivity contribution in [2.24, 2.45) is 0 Å². The van der Waals surface area contributed by atoms with Gasteiger partial charge in [-0.05, 0) is 11.6 Å². The molecule has 27 heavy (non-hydrogen) atoms. The number of para-hydroxylation sites is 1. The van der Waals surface area contributed by atoms with E-state index in [1.807, 2.05) is 6.08 Å². The summed E-state index contributed by atoms with van der Waals surface area (Å²) in [5.41, 5.74) is 4.32. The Bertz CT molecular complexity index is 1040. The highest BCUT2D eigenvalue weighted by Gasteiger charge is 2.22. The molecule has 1 aliphatic heterocycles. The Balaban J connectivity index is 1.62. The molecular weight excluding hydrogens is 336 g/mol. The van der Waals surface area contributed by atoms with Crippen LogP contribution < -0.4 is 5.56 Å². The van der Waals surface area contributed by atoms with Crippen LogP contribution in [0.25, 0.3) is 10.9 Å². The van der Waals surface area contributed by atoms with Crippen molar-refractivity contribution < 1.29 is 0 Å². The van der Waals surface area contributed by atoms with Gasteiger partial charge < -0.3 is 9.55 Å². The first-order chi connectivity index (χ1) is 13.1. The lowest BCUT2D eigenvalue weighted by Crippen LogP contribution is -2.35. The maximum absolute atomic E-state index is 12.6. The van der Waals surface area contributed by atoms with E-state index in [2.05, 4.69) is 65.3 Å². The molecule has 0 saturated heterocycles. The molecule has 0 unspecified atom stereocenters. The molecule has 1 aromatic carbocycles. The van der Waals surface area contributed by atoms with Crippen molar-refractivity contribution in [1.29, 1.82) is 0 Å². The van der Waals surface area contributed by atoms with Gasteiger partial charge in [-0.1, -0.05) is 38.1 Å². The van der Waals surface area contributed by atoms with Gasteiger partial charge in [-0.3, -0.25) is 9.69 Å². The standard InChI is InChI=1S/C22H26N4O/c1-4-10-26-13-16(17-7-5-6-8-20(17)26)12-25-11-9-19-18(14-25)22(27)24-21(23-19)15(2)3/h4-8,13,15H,1,9-12,14H2,2-3H3,(H,23,24,27). The quantitative estimate of drug-likeness (QED) is 0.706. The Morgan fingerprint density at radius 3 is 2.93 bits per heavy atom. The molecule has 1 N–H and O–H groups in total. The van der Waals surface area contributed by atoms with E-state index in [4.69, 9.17) is 4.98 Å². The van der Waals surface area contributed by atoms with Crippen LogP contribution in [0.15, 0.2) is 47.9 Å². The van der Waals surface area contributed by atoms with Crippen molar-refractivity contribution in [2.75, 3.05) is 6.54 Å². The van der Waals surface area contributed by atoms with E-state index in [0.717, 1.165) is 43.1 Å². The van der Waals surface area contributed by atoms with Crippen molar-refractivity contribution in [3.05, 3.63) is 76.1 Å². The number of H-pyrrole nitrogens is 1. The molecule has 140 valence electrons. The highest BCUT2D eigenvalue weighted by atomic mass is 16.1. The van der Waals surface area contributed by atoms with Crippen molar-refractivity contribution in [3.63, 3.8) is 0 Å². The predicted octanol–water partition coefficient (Wildman–Crippen LogP) is 3.59. The molecule has 1 aliphatic rings. The molecule has 5 heteroatoms. The fourth-order valence-electron chi connectivity index (χ4n) is 3.89. The lowest BCUT2D eigenvalue weighted by Gasteiger charge is -2.27. The molecule has 3 aromatic rings. The Hall–Kier alpha value is -2.66. The van der Waals surface area contributed by atoms with Crippen LogP contribution in [0.2, 0.25) is 0 Å². The smallest absolute Gasteiger partial charge is 0.255 e. The fraction of sp³-hybridized carbons (Fsp3) is 0.364. The molecule has 3 heterocycles. The molecule has 0 fully saturated rings. The van der Waals surface area contributed by atoms with Gasteiger partial charge in [0.05, 0.1) is 11.3 Å². The van der Waals surface area contributed by atoms with E-state index in [9.17, 15) is 4.79 Å². The fourth-order valence-corrected chi connectivity index (χ4v) is 3.89. The van der Waals surface area contributed by atoms with E-state index < -0.39 is 0 Å². The van der Waals surface area contributed by atoms with E-state index in [0.29, 0.717) is 6.54 Å². The van der Waals surface area contributed by atoms with E-state index >= 15 is 0 Å². The number of fused-ring (bicyclic) bond motifs is 2. The Morgan fingerprint density at radius 1 is 1.33 bits per heavy atom. The van der Waals surface area contributed by atoms with Gasteiger partial charge in [0.15, 0.2) is 0 Å². The zero-order chi connectivity index (χ0) is 19.0. The normalized spacial score (nSPS) is 14.6. The van der Waals surface area contributed by atoms with Crippen LogP contribution in [0.4, 0.5) is 0 Å². The van der Waals surface area contributed by atoms with Crippen LogP contribution >= 0.6 is 0 Å². The van der Waals surface area contributed by atoms with Gasteiger partial charge in [-0.2, -0.15) is 0 Å². The van der Waals surface area contributed by atoms with Crippen molar-refractivity contribution in [3.8, 4) is 0 Å². The minimum atomic E-state index is 0.0162. The van der Waals surface area contributed by atoms with E-state index in [1.54, 1.807) is 0 Å².